The minimum Gasteiger partial charge on any atom is -0.460 e. The molecule has 0 atom stereocenters. The number of hydrogen-bond acceptors (Lipinski definition) is 2. The number of halogens is 3. The lowest BCUT2D eigenvalue weighted by molar-refractivity contribution is 0.358. The Kier molecular flexibility index (Phi) is 6.64. The van der Waals surface area contributed by atoms with Crippen molar-refractivity contribution in [2.24, 2.45) is 0 Å². The van der Waals surface area contributed by atoms with E-state index in [-0.39, 0.29) is 12.4 Å². The first kappa shape index (κ1) is 17.7. The zero-order chi connectivity index (χ0) is 14.7. The van der Waals surface area contributed by atoms with Gasteiger partial charge in [0.15, 0.2) is 0 Å². The molecule has 1 aliphatic carbocycles. The Hall–Kier alpha value is -0.670. The van der Waals surface area contributed by atoms with Gasteiger partial charge >= 0.3 is 0 Å². The SMILES string of the molecule is Cl.Clc1cc(Cl)cc(-c2ccc(CNC3CCCCC3)o2)c1. The van der Waals surface area contributed by atoms with E-state index in [1.54, 1.807) is 6.07 Å². The molecule has 1 aliphatic rings. The van der Waals surface area contributed by atoms with Gasteiger partial charge in [0.25, 0.3) is 0 Å². The van der Waals surface area contributed by atoms with Gasteiger partial charge in [-0.3, -0.25) is 0 Å². The van der Waals surface area contributed by atoms with Gasteiger partial charge in [-0.05, 0) is 43.2 Å². The van der Waals surface area contributed by atoms with Crippen LogP contribution >= 0.6 is 35.6 Å². The molecule has 0 amide bonds. The summed E-state index contributed by atoms with van der Waals surface area (Å²) in [6.07, 6.45) is 6.59. The Morgan fingerprint density at radius 3 is 2.36 bits per heavy atom. The summed E-state index contributed by atoms with van der Waals surface area (Å²) in [5, 5.41) is 4.82. The summed E-state index contributed by atoms with van der Waals surface area (Å²) in [4.78, 5) is 0. The van der Waals surface area contributed by atoms with Gasteiger partial charge in [0.05, 0.1) is 6.54 Å². The Balaban J connectivity index is 0.00000176. The number of rotatable bonds is 4. The maximum Gasteiger partial charge on any atom is 0.134 e. The van der Waals surface area contributed by atoms with E-state index in [4.69, 9.17) is 27.6 Å². The topological polar surface area (TPSA) is 25.2 Å². The smallest absolute Gasteiger partial charge is 0.134 e. The summed E-state index contributed by atoms with van der Waals surface area (Å²) in [5.41, 5.74) is 0.913. The molecule has 0 spiro atoms. The highest BCUT2D eigenvalue weighted by molar-refractivity contribution is 6.35. The maximum atomic E-state index is 6.03. The van der Waals surface area contributed by atoms with Gasteiger partial charge in [-0.1, -0.05) is 42.5 Å². The Bertz CT molecular complexity index is 585. The van der Waals surface area contributed by atoms with Gasteiger partial charge in [0, 0.05) is 21.7 Å². The first-order valence-corrected chi connectivity index (χ1v) is 8.25. The zero-order valence-corrected chi connectivity index (χ0v) is 14.6. The van der Waals surface area contributed by atoms with Crippen molar-refractivity contribution in [3.63, 3.8) is 0 Å². The van der Waals surface area contributed by atoms with Crippen molar-refractivity contribution in [2.75, 3.05) is 0 Å². The van der Waals surface area contributed by atoms with Crippen molar-refractivity contribution in [1.29, 1.82) is 0 Å². The third-order valence-electron chi connectivity index (χ3n) is 3.98. The van der Waals surface area contributed by atoms with Crippen LogP contribution in [0, 0.1) is 0 Å². The normalized spacial score (nSPS) is 15.5. The molecule has 0 aliphatic heterocycles. The van der Waals surface area contributed by atoms with E-state index < -0.39 is 0 Å². The molecule has 2 nitrogen and oxygen atoms in total. The van der Waals surface area contributed by atoms with Gasteiger partial charge in [0.1, 0.15) is 11.5 Å². The molecule has 1 heterocycles. The van der Waals surface area contributed by atoms with Crippen molar-refractivity contribution in [3.8, 4) is 11.3 Å². The van der Waals surface area contributed by atoms with E-state index >= 15 is 0 Å². The quantitative estimate of drug-likeness (QED) is 0.713. The molecule has 1 N–H and O–H groups in total. The summed E-state index contributed by atoms with van der Waals surface area (Å²) in [6.45, 7) is 0.777. The van der Waals surface area contributed by atoms with Crippen molar-refractivity contribution in [3.05, 3.63) is 46.1 Å². The van der Waals surface area contributed by atoms with E-state index in [0.29, 0.717) is 16.1 Å². The van der Waals surface area contributed by atoms with E-state index in [9.17, 15) is 0 Å². The predicted molar refractivity (Wildman–Crippen MR) is 95.1 cm³/mol. The van der Waals surface area contributed by atoms with Gasteiger partial charge in [-0.25, -0.2) is 0 Å². The lowest BCUT2D eigenvalue weighted by Gasteiger charge is -2.22. The Morgan fingerprint density at radius 2 is 1.68 bits per heavy atom. The highest BCUT2D eigenvalue weighted by Gasteiger charge is 2.13. The van der Waals surface area contributed by atoms with Crippen LogP contribution < -0.4 is 5.32 Å². The van der Waals surface area contributed by atoms with Crippen LogP contribution in [0.1, 0.15) is 37.9 Å². The molecule has 1 aromatic carbocycles. The minimum atomic E-state index is 0. The standard InChI is InChI=1S/C17H19Cl2NO.ClH/c18-13-8-12(9-14(19)10-13)17-7-6-16(21-17)11-20-15-4-2-1-3-5-15;/h6-10,15,20H,1-5,11H2;1H. The van der Waals surface area contributed by atoms with Crippen LogP contribution in [-0.4, -0.2) is 6.04 Å². The highest BCUT2D eigenvalue weighted by atomic mass is 35.5. The average molecular weight is 361 g/mol. The molecule has 0 radical (unpaired) electrons. The summed E-state index contributed by atoms with van der Waals surface area (Å²) in [7, 11) is 0. The van der Waals surface area contributed by atoms with Crippen molar-refractivity contribution in [1.82, 2.24) is 5.32 Å². The van der Waals surface area contributed by atoms with E-state index in [0.717, 1.165) is 23.6 Å². The van der Waals surface area contributed by atoms with Gasteiger partial charge in [-0.15, -0.1) is 12.4 Å². The Labute approximate surface area is 147 Å². The predicted octanol–water partition coefficient (Wildman–Crippen LogP) is 6.10. The molecule has 5 heteroatoms. The number of nitrogens with one attached hydrogen (secondary N) is 1. The molecule has 1 saturated carbocycles. The summed E-state index contributed by atoms with van der Waals surface area (Å²) >= 11 is 12.1. The molecule has 2 aromatic rings. The molecule has 0 bridgehead atoms. The second kappa shape index (κ2) is 8.26. The van der Waals surface area contributed by atoms with Crippen LogP contribution in [0.3, 0.4) is 0 Å². The number of hydrogen-bond donors (Lipinski definition) is 1. The minimum absolute atomic E-state index is 0. The van der Waals surface area contributed by atoms with Crippen LogP contribution in [0.2, 0.25) is 10.0 Å². The lowest BCUT2D eigenvalue weighted by Crippen LogP contribution is -2.30. The average Bonchev–Trinajstić information content (AvgIpc) is 2.94. The fourth-order valence-corrected chi connectivity index (χ4v) is 3.40. The van der Waals surface area contributed by atoms with E-state index in [2.05, 4.69) is 5.32 Å². The first-order valence-electron chi connectivity index (χ1n) is 7.49. The largest absolute Gasteiger partial charge is 0.460 e. The fraction of sp³-hybridized carbons (Fsp3) is 0.412. The molecule has 3 rings (SSSR count). The molecule has 22 heavy (non-hydrogen) atoms. The highest BCUT2D eigenvalue weighted by Crippen LogP contribution is 2.28. The Morgan fingerprint density at radius 1 is 1.00 bits per heavy atom. The summed E-state index contributed by atoms with van der Waals surface area (Å²) in [6, 6.07) is 10.1. The van der Waals surface area contributed by atoms with E-state index in [1.165, 1.54) is 32.1 Å². The molecule has 120 valence electrons. The second-order valence-corrected chi connectivity index (χ2v) is 6.51. The third-order valence-corrected chi connectivity index (χ3v) is 4.42. The van der Waals surface area contributed by atoms with Crippen molar-refractivity contribution in [2.45, 2.75) is 44.7 Å². The third kappa shape index (κ3) is 4.66. The van der Waals surface area contributed by atoms with Crippen LogP contribution in [0.5, 0.6) is 0 Å². The van der Waals surface area contributed by atoms with Crippen LogP contribution in [0.15, 0.2) is 34.7 Å². The molecule has 0 unspecified atom stereocenters. The van der Waals surface area contributed by atoms with Crippen LogP contribution in [0.4, 0.5) is 0 Å². The zero-order valence-electron chi connectivity index (χ0n) is 12.3. The van der Waals surface area contributed by atoms with Crippen LogP contribution in [0.25, 0.3) is 11.3 Å². The van der Waals surface area contributed by atoms with Crippen molar-refractivity contribution < 1.29 is 4.42 Å². The fourth-order valence-electron chi connectivity index (χ4n) is 2.88. The van der Waals surface area contributed by atoms with Gasteiger partial charge < -0.3 is 9.73 Å². The molecular formula is C17H20Cl3NO. The number of benzene rings is 1. The van der Waals surface area contributed by atoms with Crippen molar-refractivity contribution >= 4 is 35.6 Å². The maximum absolute atomic E-state index is 6.03. The summed E-state index contributed by atoms with van der Waals surface area (Å²) in [5.74, 6) is 1.76. The van der Waals surface area contributed by atoms with E-state index in [1.807, 2.05) is 24.3 Å². The van der Waals surface area contributed by atoms with Gasteiger partial charge in [-0.2, -0.15) is 0 Å². The van der Waals surface area contributed by atoms with Crippen LogP contribution in [-0.2, 0) is 6.54 Å². The molecule has 1 fully saturated rings. The monoisotopic (exact) mass is 359 g/mol. The second-order valence-electron chi connectivity index (χ2n) is 5.64. The lowest BCUT2D eigenvalue weighted by atomic mass is 9.95. The summed E-state index contributed by atoms with van der Waals surface area (Å²) < 4.78 is 5.89. The molecule has 1 aromatic heterocycles. The van der Waals surface area contributed by atoms with Gasteiger partial charge in [0.2, 0.25) is 0 Å². The molecule has 0 saturated heterocycles. The molecular weight excluding hydrogens is 341 g/mol. The first-order chi connectivity index (χ1) is 10.2. The number of furan rings is 1.